The zero-order valence-corrected chi connectivity index (χ0v) is 18.2. The van der Waals surface area contributed by atoms with E-state index in [1.165, 1.54) is 0 Å². The molecule has 0 bridgehead atoms. The molecule has 0 spiro atoms. The van der Waals surface area contributed by atoms with Crippen molar-refractivity contribution in [3.05, 3.63) is 102 Å². The van der Waals surface area contributed by atoms with Crippen molar-refractivity contribution in [2.45, 2.75) is 24.9 Å². The van der Waals surface area contributed by atoms with Crippen LogP contribution in [0, 0.1) is 0 Å². The molecule has 0 aliphatic rings. The summed E-state index contributed by atoms with van der Waals surface area (Å²) in [5.74, 6) is -0.630. The second-order valence-corrected chi connectivity index (χ2v) is 7.56. The van der Waals surface area contributed by atoms with Gasteiger partial charge in [-0.15, -0.1) is 0 Å². The van der Waals surface area contributed by atoms with Crippen LogP contribution in [0.4, 0.5) is 0 Å². The molecule has 6 heteroatoms. The molecule has 0 aromatic heterocycles. The number of hydrogen-bond donors (Lipinski definition) is 2. The fraction of sp³-hybridized carbons (Fsp3) is 0.231. The highest BCUT2D eigenvalue weighted by Crippen LogP contribution is 2.29. The smallest absolute Gasteiger partial charge is 0.240 e. The number of ether oxygens (including phenoxy) is 1. The summed E-state index contributed by atoms with van der Waals surface area (Å²) >= 11 is 0. The van der Waals surface area contributed by atoms with Gasteiger partial charge in [0.05, 0.1) is 13.0 Å². The van der Waals surface area contributed by atoms with E-state index in [0.717, 1.165) is 16.7 Å². The van der Waals surface area contributed by atoms with Crippen LogP contribution in [-0.4, -0.2) is 36.4 Å². The second-order valence-electron chi connectivity index (χ2n) is 7.56. The van der Waals surface area contributed by atoms with E-state index in [1.807, 2.05) is 84.9 Å². The summed E-state index contributed by atoms with van der Waals surface area (Å²) in [6, 6.07) is 25.7. The van der Waals surface area contributed by atoms with Crippen molar-refractivity contribution in [2.75, 3.05) is 13.7 Å². The minimum Gasteiger partial charge on any atom is -0.497 e. The van der Waals surface area contributed by atoms with Crippen molar-refractivity contribution in [3.8, 4) is 5.75 Å². The highest BCUT2D eigenvalue weighted by atomic mass is 16.5. The molecule has 166 valence electrons. The summed E-state index contributed by atoms with van der Waals surface area (Å²) in [4.78, 5) is 28.0. The van der Waals surface area contributed by atoms with Crippen molar-refractivity contribution in [1.82, 2.24) is 4.90 Å². The van der Waals surface area contributed by atoms with Crippen LogP contribution >= 0.6 is 0 Å². The molecule has 32 heavy (non-hydrogen) atoms. The monoisotopic (exact) mass is 431 g/mol. The zero-order valence-electron chi connectivity index (χ0n) is 18.2. The Morgan fingerprint density at radius 1 is 0.875 bits per heavy atom. The summed E-state index contributed by atoms with van der Waals surface area (Å²) in [6.45, 7) is 0.466. The molecule has 0 aliphatic carbocycles. The number of amides is 2. The highest BCUT2D eigenvalue weighted by molar-refractivity contribution is 5.92. The molecule has 0 fully saturated rings. The van der Waals surface area contributed by atoms with Crippen molar-refractivity contribution < 1.29 is 14.3 Å². The van der Waals surface area contributed by atoms with Gasteiger partial charge in [0.25, 0.3) is 0 Å². The quantitative estimate of drug-likeness (QED) is 0.515. The fourth-order valence-electron chi connectivity index (χ4n) is 3.81. The maximum absolute atomic E-state index is 14.0. The second kappa shape index (κ2) is 11.1. The van der Waals surface area contributed by atoms with Crippen LogP contribution in [-0.2, 0) is 16.1 Å². The number of hydrogen-bond acceptors (Lipinski definition) is 4. The minimum absolute atomic E-state index is 0.199. The van der Waals surface area contributed by atoms with Crippen LogP contribution < -0.4 is 16.2 Å². The van der Waals surface area contributed by atoms with Gasteiger partial charge in [0.15, 0.2) is 0 Å². The first-order chi connectivity index (χ1) is 15.5. The summed E-state index contributed by atoms with van der Waals surface area (Å²) < 4.78 is 5.23. The molecule has 3 aromatic carbocycles. The molecule has 3 rings (SSSR count). The molecule has 0 unspecified atom stereocenters. The van der Waals surface area contributed by atoms with E-state index >= 15 is 0 Å². The summed E-state index contributed by atoms with van der Waals surface area (Å²) in [5.41, 5.74) is 14.1. The third kappa shape index (κ3) is 5.53. The first-order valence-electron chi connectivity index (χ1n) is 10.6. The van der Waals surface area contributed by atoms with Gasteiger partial charge >= 0.3 is 0 Å². The number of nitrogens with two attached hydrogens (primary N) is 2. The van der Waals surface area contributed by atoms with Crippen LogP contribution in [0.1, 0.15) is 29.0 Å². The van der Waals surface area contributed by atoms with E-state index < -0.39 is 17.9 Å². The van der Waals surface area contributed by atoms with Gasteiger partial charge < -0.3 is 21.1 Å². The first-order valence-corrected chi connectivity index (χ1v) is 10.6. The SMILES string of the molecule is COc1ccc(CN(C(=O)C(c2ccccc2)c2ccccc2)[C@H](CCN)C(N)=O)cc1. The topological polar surface area (TPSA) is 98.7 Å². The van der Waals surface area contributed by atoms with Crippen LogP contribution in [0.25, 0.3) is 0 Å². The predicted molar refractivity (Wildman–Crippen MR) is 125 cm³/mol. The van der Waals surface area contributed by atoms with E-state index in [2.05, 4.69) is 0 Å². The number of carbonyl (C=O) groups is 2. The molecule has 0 heterocycles. The lowest BCUT2D eigenvalue weighted by atomic mass is 9.89. The molecule has 1 atom stereocenters. The Balaban J connectivity index is 2.05. The van der Waals surface area contributed by atoms with Crippen molar-refractivity contribution >= 4 is 11.8 Å². The van der Waals surface area contributed by atoms with E-state index in [1.54, 1.807) is 12.0 Å². The Hall–Kier alpha value is -3.64. The van der Waals surface area contributed by atoms with E-state index in [9.17, 15) is 9.59 Å². The molecule has 0 saturated carbocycles. The van der Waals surface area contributed by atoms with E-state index in [4.69, 9.17) is 16.2 Å². The normalized spacial score (nSPS) is 11.7. The lowest BCUT2D eigenvalue weighted by Gasteiger charge is -2.33. The number of benzene rings is 3. The van der Waals surface area contributed by atoms with E-state index in [-0.39, 0.29) is 25.4 Å². The molecule has 6 nitrogen and oxygen atoms in total. The van der Waals surface area contributed by atoms with Crippen LogP contribution in [0.2, 0.25) is 0 Å². The fourth-order valence-corrected chi connectivity index (χ4v) is 3.81. The molecule has 4 N–H and O–H groups in total. The van der Waals surface area contributed by atoms with Crippen LogP contribution in [0.5, 0.6) is 5.75 Å². The van der Waals surface area contributed by atoms with E-state index in [0.29, 0.717) is 5.75 Å². The molecule has 2 amide bonds. The van der Waals surface area contributed by atoms with Gasteiger partial charge in [-0.2, -0.15) is 0 Å². The Morgan fingerprint density at radius 3 is 1.84 bits per heavy atom. The maximum Gasteiger partial charge on any atom is 0.240 e. The third-order valence-corrected chi connectivity index (χ3v) is 5.45. The van der Waals surface area contributed by atoms with Gasteiger partial charge in [-0.05, 0) is 41.8 Å². The average Bonchev–Trinajstić information content (AvgIpc) is 2.83. The summed E-state index contributed by atoms with van der Waals surface area (Å²) in [7, 11) is 1.60. The maximum atomic E-state index is 14.0. The number of rotatable bonds is 10. The summed E-state index contributed by atoms with van der Waals surface area (Å²) in [5, 5.41) is 0. The Morgan fingerprint density at radius 2 is 1.41 bits per heavy atom. The highest BCUT2D eigenvalue weighted by Gasteiger charge is 2.34. The number of primary amides is 1. The van der Waals surface area contributed by atoms with Gasteiger partial charge in [0, 0.05) is 6.54 Å². The predicted octanol–water partition coefficient (Wildman–Crippen LogP) is 3.06. The largest absolute Gasteiger partial charge is 0.497 e. The molecule has 0 radical (unpaired) electrons. The number of nitrogens with zero attached hydrogens (tertiary/aromatic N) is 1. The van der Waals surface area contributed by atoms with Gasteiger partial charge in [-0.1, -0.05) is 72.8 Å². The Labute approximate surface area is 188 Å². The first kappa shape index (κ1) is 23.0. The number of carbonyl (C=O) groups excluding carboxylic acids is 2. The summed E-state index contributed by atoms with van der Waals surface area (Å²) in [6.07, 6.45) is 0.285. The number of methoxy groups -OCH3 is 1. The van der Waals surface area contributed by atoms with Gasteiger partial charge in [0.2, 0.25) is 11.8 Å². The third-order valence-electron chi connectivity index (χ3n) is 5.45. The molecular formula is C26H29N3O3. The van der Waals surface area contributed by atoms with Crippen LogP contribution in [0.3, 0.4) is 0 Å². The van der Waals surface area contributed by atoms with Crippen molar-refractivity contribution in [1.29, 1.82) is 0 Å². The lowest BCUT2D eigenvalue weighted by molar-refractivity contribution is -0.140. The molecule has 3 aromatic rings. The standard InChI is InChI=1S/C26H29N3O3/c1-32-22-14-12-19(13-15-22)18-29(23(16-17-27)25(28)30)26(31)24(20-8-4-2-5-9-20)21-10-6-3-7-11-21/h2-15,23-24H,16-18,27H2,1H3,(H2,28,30)/t23-/m1/s1. The Bertz CT molecular complexity index is 968. The van der Waals surface area contributed by atoms with Gasteiger partial charge in [-0.3, -0.25) is 9.59 Å². The van der Waals surface area contributed by atoms with Crippen molar-refractivity contribution in [2.24, 2.45) is 11.5 Å². The Kier molecular flexibility index (Phi) is 8.00. The van der Waals surface area contributed by atoms with Crippen LogP contribution in [0.15, 0.2) is 84.9 Å². The van der Waals surface area contributed by atoms with Gasteiger partial charge in [-0.25, -0.2) is 0 Å². The van der Waals surface area contributed by atoms with Crippen molar-refractivity contribution in [3.63, 3.8) is 0 Å². The zero-order chi connectivity index (χ0) is 22.9. The molecular weight excluding hydrogens is 402 g/mol. The lowest BCUT2D eigenvalue weighted by Crippen LogP contribution is -2.50. The minimum atomic E-state index is -0.815. The molecule has 0 aliphatic heterocycles. The molecule has 0 saturated heterocycles. The average molecular weight is 432 g/mol. The van der Waals surface area contributed by atoms with Gasteiger partial charge in [0.1, 0.15) is 11.8 Å².